The molecule has 1 unspecified atom stereocenters. The number of carbonyl (C=O) groups excluding carboxylic acids is 1. The molecular weight excluding hydrogens is 236 g/mol. The Morgan fingerprint density at radius 3 is 3.15 bits per heavy atom. The van der Waals surface area contributed by atoms with Gasteiger partial charge in [0.15, 0.2) is 5.69 Å². The second-order valence-electron chi connectivity index (χ2n) is 2.71. The first kappa shape index (κ1) is 10.2. The number of nitrogens with zero attached hydrogens (tertiary/aromatic N) is 1. The number of amides is 1. The lowest BCUT2D eigenvalue weighted by Gasteiger charge is -2.03. The molecule has 5 heteroatoms. The Kier molecular flexibility index (Phi) is 3.95. The Labute approximate surface area is 84.8 Å². The molecule has 1 aromatic rings. The van der Waals surface area contributed by atoms with Crippen molar-refractivity contribution in [3.63, 3.8) is 0 Å². The van der Waals surface area contributed by atoms with Gasteiger partial charge in [0.25, 0.3) is 5.91 Å². The van der Waals surface area contributed by atoms with Crippen LogP contribution in [0.3, 0.4) is 0 Å². The van der Waals surface area contributed by atoms with Crippen molar-refractivity contribution < 1.29 is 9.32 Å². The molecule has 13 heavy (non-hydrogen) atoms. The van der Waals surface area contributed by atoms with Crippen LogP contribution in [0.2, 0.25) is 0 Å². The second-order valence-corrected chi connectivity index (χ2v) is 4.27. The summed E-state index contributed by atoms with van der Waals surface area (Å²) in [5.74, 6) is -0.193. The highest BCUT2D eigenvalue weighted by atomic mass is 79.9. The Bertz CT molecular complexity index is 259. The molecule has 1 heterocycles. The molecular formula is C8H11BrN2O2. The summed E-state index contributed by atoms with van der Waals surface area (Å²) in [6.45, 7) is 2.67. The average molecular weight is 247 g/mol. The maximum atomic E-state index is 11.2. The smallest absolute Gasteiger partial charge is 0.273 e. The van der Waals surface area contributed by atoms with E-state index in [1.165, 1.54) is 12.3 Å². The molecule has 72 valence electrons. The first-order chi connectivity index (χ1) is 6.20. The van der Waals surface area contributed by atoms with Crippen molar-refractivity contribution in [2.45, 2.75) is 18.2 Å². The minimum absolute atomic E-state index is 0.193. The third-order valence-electron chi connectivity index (χ3n) is 1.50. The molecule has 4 nitrogen and oxygen atoms in total. The van der Waals surface area contributed by atoms with E-state index in [1.54, 1.807) is 0 Å². The lowest BCUT2D eigenvalue weighted by Crippen LogP contribution is -2.25. The first-order valence-corrected chi connectivity index (χ1v) is 4.94. The number of rotatable bonds is 4. The van der Waals surface area contributed by atoms with Crippen molar-refractivity contribution in [1.29, 1.82) is 0 Å². The number of carbonyl (C=O) groups is 1. The van der Waals surface area contributed by atoms with Crippen LogP contribution in [0.25, 0.3) is 0 Å². The van der Waals surface area contributed by atoms with Gasteiger partial charge in [0.1, 0.15) is 6.26 Å². The summed E-state index contributed by atoms with van der Waals surface area (Å²) in [6.07, 6.45) is 2.27. The summed E-state index contributed by atoms with van der Waals surface area (Å²) < 4.78 is 4.54. The third kappa shape index (κ3) is 3.59. The van der Waals surface area contributed by atoms with Crippen molar-refractivity contribution in [2.24, 2.45) is 0 Å². The molecule has 0 aromatic carbocycles. The van der Waals surface area contributed by atoms with E-state index in [2.05, 4.69) is 30.9 Å². The zero-order valence-electron chi connectivity index (χ0n) is 7.29. The quantitative estimate of drug-likeness (QED) is 0.822. The highest BCUT2D eigenvalue weighted by Crippen LogP contribution is 2.01. The largest absolute Gasteiger partial charge is 0.364 e. The van der Waals surface area contributed by atoms with Gasteiger partial charge < -0.3 is 9.84 Å². The highest BCUT2D eigenvalue weighted by Gasteiger charge is 2.07. The zero-order chi connectivity index (χ0) is 9.68. The fraction of sp³-hybridized carbons (Fsp3) is 0.500. The van der Waals surface area contributed by atoms with Crippen LogP contribution in [0.15, 0.2) is 16.9 Å². The Hall–Kier alpha value is -0.840. The summed E-state index contributed by atoms with van der Waals surface area (Å²) in [4.78, 5) is 11.6. The summed E-state index contributed by atoms with van der Waals surface area (Å²) in [5.41, 5.74) is 0.322. The number of hydrogen-bond donors (Lipinski definition) is 1. The van der Waals surface area contributed by atoms with Gasteiger partial charge in [-0.3, -0.25) is 4.79 Å². The predicted octanol–water partition coefficient (Wildman–Crippen LogP) is 1.58. The van der Waals surface area contributed by atoms with Gasteiger partial charge >= 0.3 is 0 Å². The summed E-state index contributed by atoms with van der Waals surface area (Å²) in [7, 11) is 0. The molecule has 0 saturated heterocycles. The first-order valence-electron chi connectivity index (χ1n) is 4.03. The molecule has 1 atom stereocenters. The molecule has 0 aliphatic rings. The minimum Gasteiger partial charge on any atom is -0.364 e. The molecule has 0 aliphatic heterocycles. The molecule has 0 bridgehead atoms. The maximum absolute atomic E-state index is 11.2. The number of nitrogens with one attached hydrogen (secondary N) is 1. The SMILES string of the molecule is CC(Br)CCNC(=O)c1ccon1. The van der Waals surface area contributed by atoms with Crippen LogP contribution in [0.4, 0.5) is 0 Å². The third-order valence-corrected chi connectivity index (χ3v) is 1.96. The van der Waals surface area contributed by atoms with Gasteiger partial charge in [0, 0.05) is 17.4 Å². The molecule has 0 fully saturated rings. The van der Waals surface area contributed by atoms with Gasteiger partial charge in [0.2, 0.25) is 0 Å². The van der Waals surface area contributed by atoms with Crippen LogP contribution < -0.4 is 5.32 Å². The number of halogens is 1. The van der Waals surface area contributed by atoms with E-state index in [0.29, 0.717) is 17.1 Å². The fourth-order valence-corrected chi connectivity index (χ4v) is 1.03. The van der Waals surface area contributed by atoms with Crippen molar-refractivity contribution in [1.82, 2.24) is 10.5 Å². The van der Waals surface area contributed by atoms with Gasteiger partial charge in [0.05, 0.1) is 0 Å². The van der Waals surface area contributed by atoms with E-state index >= 15 is 0 Å². The monoisotopic (exact) mass is 246 g/mol. The summed E-state index contributed by atoms with van der Waals surface area (Å²) in [5, 5.41) is 6.24. The van der Waals surface area contributed by atoms with Gasteiger partial charge in [-0.15, -0.1) is 0 Å². The standard InChI is InChI=1S/C8H11BrN2O2/c1-6(9)2-4-10-8(12)7-3-5-13-11-7/h3,5-6H,2,4H2,1H3,(H,10,12). The zero-order valence-corrected chi connectivity index (χ0v) is 8.87. The molecule has 1 aromatic heterocycles. The van der Waals surface area contributed by atoms with Crippen LogP contribution in [0.5, 0.6) is 0 Å². The van der Waals surface area contributed by atoms with E-state index in [9.17, 15) is 4.79 Å². The van der Waals surface area contributed by atoms with Crippen LogP contribution in [-0.4, -0.2) is 22.4 Å². The number of aromatic nitrogens is 1. The summed E-state index contributed by atoms with van der Waals surface area (Å²) >= 11 is 3.39. The van der Waals surface area contributed by atoms with Gasteiger partial charge in [-0.05, 0) is 6.42 Å². The van der Waals surface area contributed by atoms with E-state index < -0.39 is 0 Å². The van der Waals surface area contributed by atoms with Crippen molar-refractivity contribution in [2.75, 3.05) is 6.54 Å². The van der Waals surface area contributed by atoms with E-state index in [0.717, 1.165) is 6.42 Å². The Morgan fingerprint density at radius 2 is 2.62 bits per heavy atom. The molecule has 0 spiro atoms. The Balaban J connectivity index is 2.27. The van der Waals surface area contributed by atoms with Crippen molar-refractivity contribution in [3.05, 3.63) is 18.0 Å². The maximum Gasteiger partial charge on any atom is 0.273 e. The average Bonchev–Trinajstić information content (AvgIpc) is 2.55. The second kappa shape index (κ2) is 5.01. The van der Waals surface area contributed by atoms with Gasteiger partial charge in [-0.2, -0.15) is 0 Å². The lowest BCUT2D eigenvalue weighted by atomic mass is 10.3. The summed E-state index contributed by atoms with van der Waals surface area (Å²) in [6, 6.07) is 1.53. The number of alkyl halides is 1. The van der Waals surface area contributed by atoms with Crippen LogP contribution in [-0.2, 0) is 0 Å². The Morgan fingerprint density at radius 1 is 1.85 bits per heavy atom. The van der Waals surface area contributed by atoms with E-state index in [4.69, 9.17) is 0 Å². The molecule has 0 aliphatic carbocycles. The van der Waals surface area contributed by atoms with Crippen molar-refractivity contribution in [3.8, 4) is 0 Å². The molecule has 1 N–H and O–H groups in total. The van der Waals surface area contributed by atoms with Crippen LogP contribution in [0.1, 0.15) is 23.8 Å². The fourth-order valence-electron chi connectivity index (χ4n) is 0.805. The van der Waals surface area contributed by atoms with E-state index in [1.807, 2.05) is 6.92 Å². The lowest BCUT2D eigenvalue weighted by molar-refractivity contribution is 0.0944. The van der Waals surface area contributed by atoms with Gasteiger partial charge in [-0.25, -0.2) is 0 Å². The van der Waals surface area contributed by atoms with Crippen LogP contribution in [0, 0.1) is 0 Å². The minimum atomic E-state index is -0.193. The van der Waals surface area contributed by atoms with Crippen LogP contribution >= 0.6 is 15.9 Å². The normalized spacial score (nSPS) is 12.5. The molecule has 1 amide bonds. The molecule has 0 saturated carbocycles. The highest BCUT2D eigenvalue weighted by molar-refractivity contribution is 9.09. The number of hydrogen-bond acceptors (Lipinski definition) is 3. The molecule has 1 rings (SSSR count). The predicted molar refractivity (Wildman–Crippen MR) is 51.8 cm³/mol. The van der Waals surface area contributed by atoms with Gasteiger partial charge in [-0.1, -0.05) is 28.0 Å². The topological polar surface area (TPSA) is 55.1 Å². The molecule has 0 radical (unpaired) electrons. The van der Waals surface area contributed by atoms with E-state index in [-0.39, 0.29) is 5.91 Å². The van der Waals surface area contributed by atoms with Crippen molar-refractivity contribution >= 4 is 21.8 Å².